The van der Waals surface area contributed by atoms with Gasteiger partial charge in [0.15, 0.2) is 0 Å². The molecule has 0 saturated carbocycles. The Labute approximate surface area is 225 Å². The van der Waals surface area contributed by atoms with Crippen molar-refractivity contribution in [3.8, 4) is 11.1 Å². The summed E-state index contributed by atoms with van der Waals surface area (Å²) < 4.78 is 6.13. The summed E-state index contributed by atoms with van der Waals surface area (Å²) in [5, 5.41) is 0. The van der Waals surface area contributed by atoms with Crippen molar-refractivity contribution in [2.45, 2.75) is 41.0 Å². The van der Waals surface area contributed by atoms with Gasteiger partial charge < -0.3 is 24.8 Å². The second kappa shape index (κ2) is 11.0. The van der Waals surface area contributed by atoms with Gasteiger partial charge in [-0.3, -0.25) is 0 Å². The summed E-state index contributed by atoms with van der Waals surface area (Å²) in [5.74, 6) is 1.13. The Morgan fingerprint density at radius 2 is 1.53 bits per heavy atom. The Kier molecular flexibility index (Phi) is 8.78. The topological polar surface area (TPSA) is 0 Å². The molecule has 0 radical (unpaired) electrons. The van der Waals surface area contributed by atoms with Gasteiger partial charge in [-0.1, -0.05) is 0 Å². The van der Waals surface area contributed by atoms with Gasteiger partial charge in [-0.15, -0.1) is 0 Å². The molecule has 0 heterocycles. The fourth-order valence-corrected chi connectivity index (χ4v) is 13.1. The standard InChI is InChI=1S/C13H9.C10H15.C8H8.2ClH.Zr/c1-3-7-12-10(5-1)9-11-6-2-4-8-13(11)12;1-7(2)10-6-8(3)5-9(10)4;1-7-3-5-8(2)6-4-7;;;/h1-5,7-8H,9H2;6-8H,1-4H3;1,3-6H,2H3;2*1H;/q;;;;;+2/p-2. The Morgan fingerprint density at radius 1 is 0.853 bits per heavy atom. The minimum Gasteiger partial charge on any atom is -1.00 e. The van der Waals surface area contributed by atoms with Crippen LogP contribution < -0.4 is 28.1 Å². The van der Waals surface area contributed by atoms with Crippen molar-refractivity contribution < 1.29 is 46.1 Å². The molecule has 3 aromatic rings. The van der Waals surface area contributed by atoms with E-state index >= 15 is 0 Å². The summed E-state index contributed by atoms with van der Waals surface area (Å²) in [7, 11) is 0. The SMILES string of the molecule is CC1=[C](/[Zr+2](=[CH]/c2ccc(C)cc2)[c]2cccc3c2Cc2ccccc2-3)C(C)C=C1C(C)C.[Cl-].[Cl-]. The third-order valence-electron chi connectivity index (χ3n) is 7.16. The molecule has 0 bridgehead atoms. The van der Waals surface area contributed by atoms with Gasteiger partial charge >= 0.3 is 202 Å². The van der Waals surface area contributed by atoms with E-state index in [1.807, 2.05) is 0 Å². The molecule has 0 amide bonds. The van der Waals surface area contributed by atoms with E-state index in [1.165, 1.54) is 27.8 Å². The maximum atomic E-state index is 2.70. The Bertz CT molecular complexity index is 1290. The van der Waals surface area contributed by atoms with Crippen LogP contribution >= 0.6 is 0 Å². The molecule has 3 aromatic carbocycles. The number of benzene rings is 3. The fourth-order valence-electron chi connectivity index (χ4n) is 5.59. The third kappa shape index (κ3) is 4.90. The summed E-state index contributed by atoms with van der Waals surface area (Å²) in [4.78, 5) is 0. The molecule has 1 atom stereocenters. The molecule has 0 saturated heterocycles. The van der Waals surface area contributed by atoms with E-state index in [2.05, 4.69) is 111 Å². The molecular weight excluding hydrogens is 534 g/mol. The number of aryl methyl sites for hydroxylation is 1. The van der Waals surface area contributed by atoms with Crippen LogP contribution in [0.1, 0.15) is 49.9 Å². The average molecular weight is 567 g/mol. The molecule has 34 heavy (non-hydrogen) atoms. The fraction of sp³-hybridized carbons (Fsp3) is 0.258. The molecule has 0 nitrogen and oxygen atoms in total. The summed E-state index contributed by atoms with van der Waals surface area (Å²) in [5.41, 5.74) is 11.9. The van der Waals surface area contributed by atoms with Gasteiger partial charge in [-0.05, 0) is 0 Å². The summed E-state index contributed by atoms with van der Waals surface area (Å²) >= 11 is -2.32. The molecule has 0 aliphatic heterocycles. The average Bonchev–Trinajstić information content (AvgIpc) is 3.31. The van der Waals surface area contributed by atoms with Crippen molar-refractivity contribution in [1.82, 2.24) is 0 Å². The van der Waals surface area contributed by atoms with Crippen molar-refractivity contribution in [3.05, 3.63) is 109 Å². The van der Waals surface area contributed by atoms with Gasteiger partial charge in [0, 0.05) is 0 Å². The Hall–Kier alpha value is -1.53. The van der Waals surface area contributed by atoms with Crippen LogP contribution in [0, 0.1) is 18.8 Å². The van der Waals surface area contributed by atoms with Gasteiger partial charge in [0.1, 0.15) is 0 Å². The van der Waals surface area contributed by atoms with Crippen LogP contribution in [0.25, 0.3) is 11.1 Å². The molecular formula is C31H32Cl2Zr. The van der Waals surface area contributed by atoms with Crippen LogP contribution in [0.2, 0.25) is 0 Å². The molecule has 0 N–H and O–H groups in total. The summed E-state index contributed by atoms with van der Waals surface area (Å²) in [6.45, 7) is 11.7. The van der Waals surface area contributed by atoms with E-state index in [9.17, 15) is 0 Å². The first-order valence-corrected chi connectivity index (χ1v) is 15.7. The van der Waals surface area contributed by atoms with Crippen molar-refractivity contribution in [1.29, 1.82) is 0 Å². The van der Waals surface area contributed by atoms with Crippen LogP contribution in [0.3, 0.4) is 0 Å². The smallest absolute Gasteiger partial charge is 1.00 e. The Balaban J connectivity index is 0.00000162. The van der Waals surface area contributed by atoms with E-state index < -0.39 is 21.3 Å². The van der Waals surface area contributed by atoms with Gasteiger partial charge in [-0.2, -0.15) is 0 Å². The van der Waals surface area contributed by atoms with Crippen LogP contribution in [0.5, 0.6) is 0 Å². The van der Waals surface area contributed by atoms with Crippen LogP contribution in [0.4, 0.5) is 0 Å². The molecule has 1 unspecified atom stereocenters. The van der Waals surface area contributed by atoms with E-state index in [-0.39, 0.29) is 24.8 Å². The Morgan fingerprint density at radius 3 is 2.21 bits per heavy atom. The normalized spacial score (nSPS) is 16.1. The summed E-state index contributed by atoms with van der Waals surface area (Å²) in [6.07, 6.45) is 3.63. The number of allylic oxidation sites excluding steroid dienone is 4. The van der Waals surface area contributed by atoms with E-state index in [1.54, 1.807) is 23.3 Å². The van der Waals surface area contributed by atoms with Gasteiger partial charge in [0.05, 0.1) is 0 Å². The monoisotopic (exact) mass is 564 g/mol. The zero-order valence-electron chi connectivity index (χ0n) is 20.6. The number of hydrogen-bond donors (Lipinski definition) is 0. The zero-order chi connectivity index (χ0) is 22.4. The predicted octanol–water partition coefficient (Wildman–Crippen LogP) is 1.17. The minimum atomic E-state index is -2.32. The van der Waals surface area contributed by atoms with Crippen molar-refractivity contribution in [2.24, 2.45) is 11.8 Å². The number of hydrogen-bond acceptors (Lipinski definition) is 0. The summed E-state index contributed by atoms with van der Waals surface area (Å²) in [6, 6.07) is 25.3. The maximum Gasteiger partial charge on any atom is -1.00 e. The van der Waals surface area contributed by atoms with Crippen molar-refractivity contribution in [2.75, 3.05) is 0 Å². The van der Waals surface area contributed by atoms with Crippen molar-refractivity contribution in [3.63, 3.8) is 0 Å². The number of fused-ring (bicyclic) bond motifs is 3. The maximum absolute atomic E-state index is 2.70. The molecule has 2 aliphatic rings. The molecule has 3 heteroatoms. The quantitative estimate of drug-likeness (QED) is 0.348. The number of halogens is 2. The van der Waals surface area contributed by atoms with Crippen molar-refractivity contribution >= 4 is 6.98 Å². The van der Waals surface area contributed by atoms with E-state index in [0.717, 1.165) is 6.42 Å². The second-order valence-electron chi connectivity index (χ2n) is 9.74. The third-order valence-corrected chi connectivity index (χ3v) is 14.7. The molecule has 0 aromatic heterocycles. The molecule has 174 valence electrons. The van der Waals surface area contributed by atoms with E-state index in [0.29, 0.717) is 11.8 Å². The first-order valence-electron chi connectivity index (χ1n) is 11.9. The number of rotatable bonds is 4. The van der Waals surface area contributed by atoms with Gasteiger partial charge in [-0.25, -0.2) is 0 Å². The van der Waals surface area contributed by atoms with Gasteiger partial charge in [0.25, 0.3) is 0 Å². The minimum absolute atomic E-state index is 0. The second-order valence-corrected chi connectivity index (χ2v) is 15.1. The first kappa shape index (κ1) is 27.1. The van der Waals surface area contributed by atoms with E-state index in [4.69, 9.17) is 0 Å². The molecule has 0 spiro atoms. The zero-order valence-corrected chi connectivity index (χ0v) is 24.6. The predicted molar refractivity (Wildman–Crippen MR) is 135 cm³/mol. The first-order chi connectivity index (χ1) is 15.4. The van der Waals surface area contributed by atoms with Crippen LogP contribution in [-0.4, -0.2) is 3.71 Å². The van der Waals surface area contributed by atoms with Crippen LogP contribution in [-0.2, 0) is 27.7 Å². The molecule has 5 rings (SSSR count). The van der Waals surface area contributed by atoms with Gasteiger partial charge in [0.2, 0.25) is 0 Å². The van der Waals surface area contributed by atoms with Crippen LogP contribution in [0.15, 0.2) is 87.2 Å². The molecule has 2 aliphatic carbocycles. The largest absolute Gasteiger partial charge is 1.00 e. The molecule has 0 fully saturated rings.